The lowest BCUT2D eigenvalue weighted by Gasteiger charge is -2.40. The molecule has 0 radical (unpaired) electrons. The number of aliphatic carboxylic acids is 2. The molecule has 3 atom stereocenters. The van der Waals surface area contributed by atoms with Crippen molar-refractivity contribution in [2.75, 3.05) is 27.7 Å². The summed E-state index contributed by atoms with van der Waals surface area (Å²) < 4.78 is 0.674. The first-order valence-corrected chi connectivity index (χ1v) is 8.73. The van der Waals surface area contributed by atoms with Crippen molar-refractivity contribution in [1.29, 1.82) is 5.41 Å². The fraction of sp³-hybridized carbons (Fsp3) is 0.833. The number of aliphatic hydroxyl groups is 1. The summed E-state index contributed by atoms with van der Waals surface area (Å²) >= 11 is 0. The molecule has 0 aliphatic heterocycles. The van der Waals surface area contributed by atoms with Gasteiger partial charge in [-0.15, -0.1) is 0 Å². The second kappa shape index (κ2) is 8.81. The highest BCUT2D eigenvalue weighted by Gasteiger charge is 2.57. The predicted molar refractivity (Wildman–Crippen MR) is 95.1 cm³/mol. The number of carboxylic acid groups (broad SMARTS) is 2. The lowest BCUT2D eigenvalue weighted by molar-refractivity contribution is -0.873. The number of quaternary nitrogens is 1. The van der Waals surface area contributed by atoms with E-state index in [1.165, 1.54) is 0 Å². The average molecular weight is 374 g/mol. The second-order valence-electron chi connectivity index (χ2n) is 8.88. The van der Waals surface area contributed by atoms with E-state index in [1.54, 1.807) is 20.8 Å². The molecule has 0 bridgehead atoms. The molecule has 0 aromatic rings. The molecular weight excluding hydrogens is 340 g/mol. The molecule has 0 amide bonds. The zero-order chi connectivity index (χ0) is 20.9. The number of hydrogen-bond acceptors (Lipinski definition) is 5. The number of hydrogen-bond donors (Lipinski definition) is 3. The zero-order valence-electron chi connectivity index (χ0n) is 16.7. The zero-order valence-corrected chi connectivity index (χ0v) is 16.7. The van der Waals surface area contributed by atoms with Gasteiger partial charge in [-0.1, -0.05) is 20.8 Å². The van der Waals surface area contributed by atoms with Gasteiger partial charge in [0.1, 0.15) is 18.6 Å². The second-order valence-corrected chi connectivity index (χ2v) is 8.88. The van der Waals surface area contributed by atoms with E-state index in [0.717, 1.165) is 0 Å². The molecule has 1 unspecified atom stereocenters. The van der Waals surface area contributed by atoms with Crippen LogP contribution < -0.4 is 10.2 Å². The number of aliphatic hydroxyl groups excluding tert-OH is 2. The van der Waals surface area contributed by atoms with Gasteiger partial charge in [-0.2, -0.15) is 0 Å². The maximum atomic E-state index is 11.0. The Morgan fingerprint density at radius 2 is 1.81 bits per heavy atom. The molecule has 26 heavy (non-hydrogen) atoms. The highest BCUT2D eigenvalue weighted by Crippen LogP contribution is 2.55. The van der Waals surface area contributed by atoms with E-state index in [-0.39, 0.29) is 6.42 Å². The van der Waals surface area contributed by atoms with Gasteiger partial charge in [0.15, 0.2) is 0 Å². The van der Waals surface area contributed by atoms with Gasteiger partial charge in [-0.3, -0.25) is 0 Å². The standard InChI is InChI=1S/C10H16O4.C8H18N2O2/c1-9(2)6(7(11)12)4-5-10(9,3)8(13)14;1-10(2,3)6-7(11)4-5-8(9)12/h6H,4-5H2,1-3H3,(H,11,12)(H,13,14);7,11H,4-6H2,1-3H3,(H-,9,12)/t6?,10-;7-/m01/s1. The number of rotatable bonds is 7. The van der Waals surface area contributed by atoms with E-state index < -0.39 is 40.7 Å². The molecule has 1 aliphatic carbocycles. The SMILES string of the molecule is CC1(C)C(C(O)=[OH+])CC[C@@]1(C)C(=O)[O-].C[N+](C)(C)C[C@H](O)CCC(=N)[O-]. The maximum Gasteiger partial charge on any atom is 0.484 e. The van der Waals surface area contributed by atoms with Crippen LogP contribution >= 0.6 is 0 Å². The molecule has 0 aromatic carbocycles. The van der Waals surface area contributed by atoms with E-state index in [1.807, 2.05) is 21.1 Å². The van der Waals surface area contributed by atoms with Gasteiger partial charge in [0.25, 0.3) is 0 Å². The Labute approximate surface area is 155 Å². The highest BCUT2D eigenvalue weighted by molar-refractivity contribution is 5.79. The molecule has 1 saturated carbocycles. The number of nitrogens with zero attached hydrogens (tertiary/aromatic N) is 1. The third-order valence-electron chi connectivity index (χ3n) is 5.45. The Kier molecular flexibility index (Phi) is 8.25. The van der Waals surface area contributed by atoms with Crippen LogP contribution in [0, 0.1) is 22.2 Å². The summed E-state index contributed by atoms with van der Waals surface area (Å²) in [5.74, 6) is -2.87. The summed E-state index contributed by atoms with van der Waals surface area (Å²) in [4.78, 5) is 20.1. The quantitative estimate of drug-likeness (QED) is 0.236. The largest absolute Gasteiger partial charge is 0.862 e. The molecule has 8 nitrogen and oxygen atoms in total. The highest BCUT2D eigenvalue weighted by atomic mass is 16.4. The minimum absolute atomic E-state index is 0.154. The van der Waals surface area contributed by atoms with Crippen LogP contribution in [-0.4, -0.2) is 71.1 Å². The normalized spacial score (nSPS) is 25.7. The predicted octanol–water partition coefficient (Wildman–Crippen LogP) is -0.590. The van der Waals surface area contributed by atoms with Crippen LogP contribution in [0.2, 0.25) is 0 Å². The van der Waals surface area contributed by atoms with E-state index in [4.69, 9.17) is 15.3 Å². The van der Waals surface area contributed by atoms with Crippen molar-refractivity contribution in [3.05, 3.63) is 0 Å². The van der Waals surface area contributed by atoms with Gasteiger partial charge in [-0.25, -0.2) is 0 Å². The first kappa shape index (κ1) is 24.3. The van der Waals surface area contributed by atoms with E-state index >= 15 is 0 Å². The molecule has 0 aromatic heterocycles. The third-order valence-corrected chi connectivity index (χ3v) is 5.45. The monoisotopic (exact) mass is 374 g/mol. The third kappa shape index (κ3) is 6.57. The maximum absolute atomic E-state index is 11.0. The van der Waals surface area contributed by atoms with Crippen LogP contribution in [0.15, 0.2) is 0 Å². The van der Waals surface area contributed by atoms with Crippen molar-refractivity contribution < 1.29 is 34.5 Å². The number of nitrogens with one attached hydrogen (secondary N) is 1. The summed E-state index contributed by atoms with van der Waals surface area (Å²) in [6.07, 6.45) is 0.968. The van der Waals surface area contributed by atoms with Crippen molar-refractivity contribution in [3.8, 4) is 0 Å². The summed E-state index contributed by atoms with van der Waals surface area (Å²) in [6, 6.07) is 0. The molecule has 1 aliphatic rings. The first-order valence-electron chi connectivity index (χ1n) is 8.73. The summed E-state index contributed by atoms with van der Waals surface area (Å²) in [6.45, 7) is 5.68. The molecule has 0 spiro atoms. The Morgan fingerprint density at radius 1 is 1.31 bits per heavy atom. The van der Waals surface area contributed by atoms with Crippen LogP contribution in [0.5, 0.6) is 0 Å². The minimum atomic E-state index is -1.12. The minimum Gasteiger partial charge on any atom is -0.862 e. The van der Waals surface area contributed by atoms with Gasteiger partial charge in [0, 0.05) is 11.4 Å². The number of carboxylic acids is 2. The Balaban J connectivity index is 0.000000488. The van der Waals surface area contributed by atoms with Crippen LogP contribution in [0.3, 0.4) is 0 Å². The fourth-order valence-electron chi connectivity index (χ4n) is 3.34. The van der Waals surface area contributed by atoms with Gasteiger partial charge >= 0.3 is 5.97 Å². The van der Waals surface area contributed by atoms with E-state index in [2.05, 4.69) is 0 Å². The van der Waals surface area contributed by atoms with Gasteiger partial charge in [0.2, 0.25) is 0 Å². The molecule has 4 N–H and O–H groups in total. The Morgan fingerprint density at radius 3 is 2.08 bits per heavy atom. The molecule has 0 heterocycles. The molecule has 1 fully saturated rings. The van der Waals surface area contributed by atoms with Crippen LogP contribution in [0.1, 0.15) is 46.5 Å². The van der Waals surface area contributed by atoms with Gasteiger partial charge < -0.3 is 39.9 Å². The van der Waals surface area contributed by atoms with Crippen LogP contribution in [-0.2, 0) is 4.79 Å². The summed E-state index contributed by atoms with van der Waals surface area (Å²) in [7, 11) is 5.93. The summed E-state index contributed by atoms with van der Waals surface area (Å²) in [5, 5.41) is 46.4. The number of likely N-dealkylation sites (N-methyl/N-ethyl adjacent to an activating group) is 1. The molecule has 0 saturated heterocycles. The topological polar surface area (TPSA) is 149 Å². The Bertz CT molecular complexity index is 526. The molecular formula is C18H34N2O6. The molecule has 1 rings (SSSR count). The van der Waals surface area contributed by atoms with Crippen molar-refractivity contribution >= 4 is 17.8 Å². The van der Waals surface area contributed by atoms with Gasteiger partial charge in [-0.05, 0) is 37.0 Å². The van der Waals surface area contributed by atoms with Crippen LogP contribution in [0.4, 0.5) is 0 Å². The number of carbonyl (C=O) groups excluding carboxylic acids is 1. The average Bonchev–Trinajstić information content (AvgIpc) is 2.67. The molecule has 152 valence electrons. The lowest BCUT2D eigenvalue weighted by atomic mass is 9.66. The molecule has 8 heteroatoms. The van der Waals surface area contributed by atoms with E-state index in [9.17, 15) is 20.1 Å². The Hall–Kier alpha value is -1.67. The number of carbonyl (C=O) groups is 1. The van der Waals surface area contributed by atoms with E-state index in [0.29, 0.717) is 30.3 Å². The van der Waals surface area contributed by atoms with Crippen molar-refractivity contribution in [3.63, 3.8) is 0 Å². The smallest absolute Gasteiger partial charge is 0.484 e. The first-order chi connectivity index (χ1) is 11.5. The van der Waals surface area contributed by atoms with Crippen molar-refractivity contribution in [2.45, 2.75) is 52.6 Å². The summed E-state index contributed by atoms with van der Waals surface area (Å²) in [5.41, 5.74) is -1.68. The fourth-order valence-corrected chi connectivity index (χ4v) is 3.34. The van der Waals surface area contributed by atoms with Gasteiger partial charge in [0.05, 0.1) is 21.1 Å². The van der Waals surface area contributed by atoms with Crippen molar-refractivity contribution in [2.24, 2.45) is 16.7 Å². The van der Waals surface area contributed by atoms with Crippen molar-refractivity contribution in [1.82, 2.24) is 0 Å². The van der Waals surface area contributed by atoms with Crippen LogP contribution in [0.25, 0.3) is 0 Å². The lowest BCUT2D eigenvalue weighted by Crippen LogP contribution is -2.49.